The Morgan fingerprint density at radius 3 is 2.67 bits per heavy atom. The van der Waals surface area contributed by atoms with E-state index in [1.54, 1.807) is 19.9 Å². The van der Waals surface area contributed by atoms with Gasteiger partial charge in [0.05, 0.1) is 0 Å². The van der Waals surface area contributed by atoms with Crippen LogP contribution in [0.25, 0.3) is 6.08 Å². The predicted molar refractivity (Wildman–Crippen MR) is 63.2 cm³/mol. The molecule has 0 aliphatic carbocycles. The molecule has 0 radical (unpaired) electrons. The van der Waals surface area contributed by atoms with Crippen LogP contribution in [0.2, 0.25) is 0 Å². The molecule has 5 heteroatoms. The van der Waals surface area contributed by atoms with E-state index in [-0.39, 0.29) is 17.2 Å². The molecule has 1 rings (SSSR count). The Kier molecular flexibility index (Phi) is 4.55. The number of hydrogen-bond acceptors (Lipinski definition) is 2. The zero-order valence-corrected chi connectivity index (χ0v) is 10.00. The van der Waals surface area contributed by atoms with Gasteiger partial charge in [-0.3, -0.25) is 4.79 Å². The van der Waals surface area contributed by atoms with Crippen molar-refractivity contribution in [1.29, 1.82) is 5.26 Å². The van der Waals surface area contributed by atoms with Crippen LogP contribution in [-0.4, -0.2) is 11.9 Å². The first kappa shape index (κ1) is 13.8. The van der Waals surface area contributed by atoms with E-state index < -0.39 is 17.5 Å². The summed E-state index contributed by atoms with van der Waals surface area (Å²) in [7, 11) is 0. The second-order valence-corrected chi connectivity index (χ2v) is 3.94. The van der Waals surface area contributed by atoms with Crippen molar-refractivity contribution in [3.63, 3.8) is 0 Å². The summed E-state index contributed by atoms with van der Waals surface area (Å²) < 4.78 is 26.3. The molecule has 1 N–H and O–H groups in total. The van der Waals surface area contributed by atoms with Crippen molar-refractivity contribution in [2.24, 2.45) is 0 Å². The predicted octanol–water partition coefficient (Wildman–Crippen LogP) is 2.40. The van der Waals surface area contributed by atoms with Crippen LogP contribution in [0.1, 0.15) is 19.4 Å². The number of amides is 1. The molecule has 0 unspecified atom stereocenters. The van der Waals surface area contributed by atoms with Crippen molar-refractivity contribution >= 4 is 12.0 Å². The summed E-state index contributed by atoms with van der Waals surface area (Å²) >= 11 is 0. The van der Waals surface area contributed by atoms with E-state index in [1.165, 1.54) is 12.1 Å². The van der Waals surface area contributed by atoms with Crippen molar-refractivity contribution in [3.05, 3.63) is 41.0 Å². The standard InChI is InChI=1S/C13H12F2N2O/c1-8(2)17-13(18)10(7-16)6-9-4-3-5-11(14)12(9)15/h3-6,8H,1-2H3,(H,17,18)/b10-6+. The van der Waals surface area contributed by atoms with Crippen LogP contribution in [-0.2, 0) is 4.79 Å². The number of nitrogens with one attached hydrogen (secondary N) is 1. The average molecular weight is 250 g/mol. The largest absolute Gasteiger partial charge is 0.349 e. The lowest BCUT2D eigenvalue weighted by molar-refractivity contribution is -0.117. The van der Waals surface area contributed by atoms with Crippen LogP contribution in [0.4, 0.5) is 8.78 Å². The third-order valence-electron chi connectivity index (χ3n) is 2.07. The summed E-state index contributed by atoms with van der Waals surface area (Å²) in [5.74, 6) is -2.72. The number of carbonyl (C=O) groups is 1. The molecule has 0 fully saturated rings. The van der Waals surface area contributed by atoms with E-state index in [4.69, 9.17) is 5.26 Å². The lowest BCUT2D eigenvalue weighted by Gasteiger charge is -2.07. The maximum atomic E-state index is 13.4. The number of hydrogen-bond donors (Lipinski definition) is 1. The van der Waals surface area contributed by atoms with Gasteiger partial charge in [-0.2, -0.15) is 5.26 Å². The van der Waals surface area contributed by atoms with Crippen LogP contribution in [0, 0.1) is 23.0 Å². The monoisotopic (exact) mass is 250 g/mol. The Morgan fingerprint density at radius 1 is 1.44 bits per heavy atom. The number of rotatable bonds is 3. The minimum absolute atomic E-state index is 0.134. The molecule has 18 heavy (non-hydrogen) atoms. The molecule has 0 saturated carbocycles. The van der Waals surface area contributed by atoms with Crippen LogP contribution in [0.15, 0.2) is 23.8 Å². The fraction of sp³-hybridized carbons (Fsp3) is 0.231. The van der Waals surface area contributed by atoms with E-state index in [9.17, 15) is 13.6 Å². The molecular formula is C13H12F2N2O. The van der Waals surface area contributed by atoms with Crippen molar-refractivity contribution in [3.8, 4) is 6.07 Å². The molecule has 0 heterocycles. The molecule has 1 amide bonds. The quantitative estimate of drug-likeness (QED) is 0.661. The second-order valence-electron chi connectivity index (χ2n) is 3.94. The van der Waals surface area contributed by atoms with E-state index in [0.29, 0.717) is 0 Å². The summed E-state index contributed by atoms with van der Waals surface area (Å²) in [6.07, 6.45) is 1.02. The highest BCUT2D eigenvalue weighted by molar-refractivity contribution is 6.01. The zero-order chi connectivity index (χ0) is 13.7. The Hall–Kier alpha value is -2.22. The van der Waals surface area contributed by atoms with Gasteiger partial charge >= 0.3 is 0 Å². The van der Waals surface area contributed by atoms with E-state index >= 15 is 0 Å². The summed E-state index contributed by atoms with van der Waals surface area (Å²) in [6.45, 7) is 3.46. The highest BCUT2D eigenvalue weighted by atomic mass is 19.2. The number of halogens is 2. The minimum atomic E-state index is -1.08. The lowest BCUT2D eigenvalue weighted by Crippen LogP contribution is -2.30. The SMILES string of the molecule is CC(C)NC(=O)/C(C#N)=C/c1cccc(F)c1F. The molecule has 0 bridgehead atoms. The van der Waals surface area contributed by atoms with E-state index in [1.807, 2.05) is 0 Å². The lowest BCUT2D eigenvalue weighted by atomic mass is 10.1. The van der Waals surface area contributed by atoms with Gasteiger partial charge in [0.2, 0.25) is 0 Å². The fourth-order valence-corrected chi connectivity index (χ4v) is 1.28. The number of nitrogens with zero attached hydrogens (tertiary/aromatic N) is 1. The smallest absolute Gasteiger partial charge is 0.262 e. The molecular weight excluding hydrogens is 238 g/mol. The Bertz CT molecular complexity index is 530. The normalized spacial score (nSPS) is 11.2. The Labute approximate surface area is 104 Å². The van der Waals surface area contributed by atoms with Gasteiger partial charge in [0.15, 0.2) is 11.6 Å². The molecule has 0 aliphatic rings. The first-order valence-corrected chi connectivity index (χ1v) is 5.32. The van der Waals surface area contributed by atoms with E-state index in [2.05, 4.69) is 5.32 Å². The van der Waals surface area contributed by atoms with Gasteiger partial charge in [-0.25, -0.2) is 8.78 Å². The van der Waals surface area contributed by atoms with Crippen LogP contribution in [0.3, 0.4) is 0 Å². The zero-order valence-electron chi connectivity index (χ0n) is 10.00. The van der Waals surface area contributed by atoms with Gasteiger partial charge in [0.1, 0.15) is 11.6 Å². The summed E-state index contributed by atoms with van der Waals surface area (Å²) in [5, 5.41) is 11.3. The minimum Gasteiger partial charge on any atom is -0.349 e. The molecule has 0 aliphatic heterocycles. The van der Waals surface area contributed by atoms with Crippen LogP contribution in [0.5, 0.6) is 0 Å². The van der Waals surface area contributed by atoms with Gasteiger partial charge in [0.25, 0.3) is 5.91 Å². The Balaban J connectivity index is 3.09. The summed E-state index contributed by atoms with van der Waals surface area (Å²) in [4.78, 5) is 11.6. The molecule has 1 aromatic rings. The van der Waals surface area contributed by atoms with Gasteiger partial charge in [-0.15, -0.1) is 0 Å². The fourth-order valence-electron chi connectivity index (χ4n) is 1.28. The van der Waals surface area contributed by atoms with Crippen LogP contribution < -0.4 is 5.32 Å². The van der Waals surface area contributed by atoms with Crippen molar-refractivity contribution < 1.29 is 13.6 Å². The topological polar surface area (TPSA) is 52.9 Å². The molecule has 0 saturated heterocycles. The first-order chi connectivity index (χ1) is 8.45. The molecule has 3 nitrogen and oxygen atoms in total. The molecule has 0 spiro atoms. The molecule has 0 atom stereocenters. The number of nitriles is 1. The number of carbonyl (C=O) groups excluding carboxylic acids is 1. The summed E-state index contributed by atoms with van der Waals surface area (Å²) in [5.41, 5.74) is -0.404. The third-order valence-corrected chi connectivity index (χ3v) is 2.07. The van der Waals surface area contributed by atoms with E-state index in [0.717, 1.165) is 12.1 Å². The maximum Gasteiger partial charge on any atom is 0.262 e. The molecule has 1 aromatic carbocycles. The highest BCUT2D eigenvalue weighted by Crippen LogP contribution is 2.14. The van der Waals surface area contributed by atoms with Crippen molar-refractivity contribution in [2.75, 3.05) is 0 Å². The van der Waals surface area contributed by atoms with Gasteiger partial charge in [-0.05, 0) is 26.0 Å². The summed E-state index contributed by atoms with van der Waals surface area (Å²) in [6, 6.07) is 5.08. The third kappa shape index (κ3) is 3.39. The maximum absolute atomic E-state index is 13.4. The Morgan fingerprint density at radius 2 is 2.11 bits per heavy atom. The van der Waals surface area contributed by atoms with Gasteiger partial charge < -0.3 is 5.32 Å². The first-order valence-electron chi connectivity index (χ1n) is 5.32. The second kappa shape index (κ2) is 5.92. The van der Waals surface area contributed by atoms with Gasteiger partial charge in [0, 0.05) is 11.6 Å². The van der Waals surface area contributed by atoms with Gasteiger partial charge in [-0.1, -0.05) is 12.1 Å². The average Bonchev–Trinajstić information content (AvgIpc) is 2.30. The molecule has 0 aromatic heterocycles. The molecule has 94 valence electrons. The van der Waals surface area contributed by atoms with Crippen molar-refractivity contribution in [1.82, 2.24) is 5.32 Å². The highest BCUT2D eigenvalue weighted by Gasteiger charge is 2.12. The van der Waals surface area contributed by atoms with Crippen molar-refractivity contribution in [2.45, 2.75) is 19.9 Å². The van der Waals surface area contributed by atoms with Crippen LogP contribution >= 0.6 is 0 Å². The number of benzene rings is 1.